The van der Waals surface area contributed by atoms with Crippen molar-refractivity contribution in [3.63, 3.8) is 0 Å². The molecule has 0 radical (unpaired) electrons. The molecular weight excluding hydrogens is 168 g/mol. The number of aliphatic hydroxyl groups excluding tert-OH is 4. The van der Waals surface area contributed by atoms with Crippen LogP contribution in [0.1, 0.15) is 0 Å². The molecule has 0 aliphatic carbocycles. The van der Waals surface area contributed by atoms with Crippen LogP contribution in [0.5, 0.6) is 0 Å². The largest absolute Gasteiger partial charge is 0.394 e. The zero-order valence-corrected chi connectivity index (χ0v) is 6.33. The fraction of sp³-hybridized carbons (Fsp3) is 1.00. The Hall–Kier alpha value is -0.240. The molecule has 0 aromatic rings. The van der Waals surface area contributed by atoms with Gasteiger partial charge in [0.25, 0.3) is 0 Å². The van der Waals surface area contributed by atoms with Gasteiger partial charge in [-0.1, -0.05) is 0 Å². The first-order valence-corrected chi connectivity index (χ1v) is 3.55. The summed E-state index contributed by atoms with van der Waals surface area (Å²) in [7, 11) is 0. The maximum absolute atomic E-state index is 9.21. The molecule has 6 nitrogen and oxygen atoms in total. The van der Waals surface area contributed by atoms with E-state index in [1.54, 1.807) is 0 Å². The molecule has 0 spiro atoms. The first kappa shape index (κ1) is 9.85. The molecule has 0 aromatic heterocycles. The summed E-state index contributed by atoms with van der Waals surface area (Å²) in [5.74, 6) is 0. The average molecular weight is 180 g/mol. The summed E-state index contributed by atoms with van der Waals surface area (Å²) in [6, 6.07) is 0. The maximum Gasteiger partial charge on any atom is 0.186 e. The number of hydrogen-bond donors (Lipinski definition) is 4. The molecule has 1 aliphatic rings. The van der Waals surface area contributed by atoms with Crippen LogP contribution in [0.2, 0.25) is 0 Å². The third kappa shape index (κ3) is 1.92. The Morgan fingerprint density at radius 1 is 1.08 bits per heavy atom. The molecule has 4 atom stereocenters. The quantitative estimate of drug-likeness (QED) is 0.353. The zero-order valence-electron chi connectivity index (χ0n) is 6.33. The molecule has 4 unspecified atom stereocenters. The minimum absolute atomic E-state index is 0.263. The molecule has 72 valence electrons. The lowest BCUT2D eigenvalue weighted by atomic mass is 10.1. The van der Waals surface area contributed by atoms with Gasteiger partial charge in [-0.2, -0.15) is 0 Å². The van der Waals surface area contributed by atoms with Crippen LogP contribution in [0.4, 0.5) is 0 Å². The Morgan fingerprint density at radius 3 is 2.33 bits per heavy atom. The topological polar surface area (TPSA) is 99.4 Å². The van der Waals surface area contributed by atoms with Gasteiger partial charge in [-0.25, -0.2) is 0 Å². The van der Waals surface area contributed by atoms with Crippen LogP contribution in [0.15, 0.2) is 0 Å². The Bertz CT molecular complexity index is 138. The Morgan fingerprint density at radius 2 is 1.75 bits per heavy atom. The van der Waals surface area contributed by atoms with Gasteiger partial charge in [0.15, 0.2) is 13.1 Å². The van der Waals surface area contributed by atoms with Crippen molar-refractivity contribution in [3.8, 4) is 0 Å². The summed E-state index contributed by atoms with van der Waals surface area (Å²) in [6.07, 6.45) is -5.19. The molecule has 1 heterocycles. The number of rotatable bonds is 1. The molecule has 0 bridgehead atoms. The predicted octanol–water partition coefficient (Wildman–Crippen LogP) is -2.61. The van der Waals surface area contributed by atoms with E-state index in [4.69, 9.17) is 20.1 Å². The Kier molecular flexibility index (Phi) is 3.39. The summed E-state index contributed by atoms with van der Waals surface area (Å²) >= 11 is 0. The number of ether oxygens (including phenoxy) is 2. The van der Waals surface area contributed by atoms with E-state index in [-0.39, 0.29) is 6.79 Å². The molecule has 1 aliphatic heterocycles. The van der Waals surface area contributed by atoms with Crippen molar-refractivity contribution in [2.45, 2.75) is 24.6 Å². The smallest absolute Gasteiger partial charge is 0.186 e. The van der Waals surface area contributed by atoms with Crippen molar-refractivity contribution in [1.29, 1.82) is 0 Å². The van der Waals surface area contributed by atoms with Gasteiger partial charge in [-0.15, -0.1) is 0 Å². The van der Waals surface area contributed by atoms with Gasteiger partial charge in [0.1, 0.15) is 18.3 Å². The first-order chi connectivity index (χ1) is 5.66. The molecule has 4 N–H and O–H groups in total. The third-order valence-electron chi connectivity index (χ3n) is 1.72. The second-order valence-electron chi connectivity index (χ2n) is 2.54. The first-order valence-electron chi connectivity index (χ1n) is 3.55. The highest BCUT2D eigenvalue weighted by atomic mass is 16.7. The number of hydrogen-bond acceptors (Lipinski definition) is 6. The fourth-order valence-corrected chi connectivity index (χ4v) is 0.943. The molecule has 12 heavy (non-hydrogen) atoms. The molecule has 1 saturated heterocycles. The molecule has 0 amide bonds. The van der Waals surface area contributed by atoms with Crippen molar-refractivity contribution in [1.82, 2.24) is 0 Å². The van der Waals surface area contributed by atoms with Crippen LogP contribution < -0.4 is 0 Å². The lowest BCUT2D eigenvalue weighted by Gasteiger charge is -2.21. The SMILES string of the molecule is OCC1OCOC(O)C(O)C1O. The molecule has 0 saturated carbocycles. The van der Waals surface area contributed by atoms with Crippen molar-refractivity contribution >= 4 is 0 Å². The second-order valence-corrected chi connectivity index (χ2v) is 2.54. The van der Waals surface area contributed by atoms with Crippen molar-refractivity contribution in [2.24, 2.45) is 0 Å². The molecule has 1 rings (SSSR count). The van der Waals surface area contributed by atoms with E-state index in [2.05, 4.69) is 4.74 Å². The van der Waals surface area contributed by atoms with Crippen molar-refractivity contribution in [3.05, 3.63) is 0 Å². The molecule has 0 aromatic carbocycles. The van der Waals surface area contributed by atoms with Crippen LogP contribution in [-0.4, -0.2) is 58.4 Å². The Balaban J connectivity index is 2.59. The van der Waals surface area contributed by atoms with Crippen molar-refractivity contribution in [2.75, 3.05) is 13.4 Å². The van der Waals surface area contributed by atoms with Crippen LogP contribution in [0.25, 0.3) is 0 Å². The van der Waals surface area contributed by atoms with Crippen molar-refractivity contribution < 1.29 is 29.9 Å². The maximum atomic E-state index is 9.21. The zero-order chi connectivity index (χ0) is 9.14. The van der Waals surface area contributed by atoms with Gasteiger partial charge in [0.2, 0.25) is 0 Å². The van der Waals surface area contributed by atoms with Gasteiger partial charge in [-0.05, 0) is 0 Å². The summed E-state index contributed by atoms with van der Waals surface area (Å²) in [5, 5.41) is 35.9. The normalized spacial score (nSPS) is 44.0. The van der Waals surface area contributed by atoms with Crippen LogP contribution >= 0.6 is 0 Å². The fourth-order valence-electron chi connectivity index (χ4n) is 0.943. The van der Waals surface area contributed by atoms with E-state index in [1.807, 2.05) is 0 Å². The monoisotopic (exact) mass is 180 g/mol. The van der Waals surface area contributed by atoms with Gasteiger partial charge >= 0.3 is 0 Å². The minimum Gasteiger partial charge on any atom is -0.394 e. The summed E-state index contributed by atoms with van der Waals surface area (Å²) < 4.78 is 9.29. The Labute approximate surface area is 69.0 Å². The van der Waals surface area contributed by atoms with E-state index in [1.165, 1.54) is 0 Å². The van der Waals surface area contributed by atoms with E-state index < -0.39 is 31.2 Å². The highest BCUT2D eigenvalue weighted by Gasteiger charge is 2.35. The molecular formula is C6H12O6. The number of aliphatic hydroxyl groups is 4. The van der Waals surface area contributed by atoms with E-state index in [0.717, 1.165) is 0 Å². The average Bonchev–Trinajstić information content (AvgIpc) is 2.19. The third-order valence-corrected chi connectivity index (χ3v) is 1.72. The standard InChI is InChI=1S/C6H12O6/c7-1-3-4(8)5(9)6(10)12-2-11-3/h3-10H,1-2H2. The van der Waals surface area contributed by atoms with Crippen LogP contribution in [-0.2, 0) is 9.47 Å². The van der Waals surface area contributed by atoms with E-state index >= 15 is 0 Å². The summed E-state index contributed by atoms with van der Waals surface area (Å²) in [5.41, 5.74) is 0. The van der Waals surface area contributed by atoms with E-state index in [0.29, 0.717) is 0 Å². The minimum atomic E-state index is -1.48. The lowest BCUT2D eigenvalue weighted by Crippen LogP contribution is -2.44. The van der Waals surface area contributed by atoms with Gasteiger partial charge in [0.05, 0.1) is 6.61 Å². The summed E-state index contributed by atoms with van der Waals surface area (Å²) in [6.45, 7) is -0.700. The predicted molar refractivity (Wildman–Crippen MR) is 35.9 cm³/mol. The van der Waals surface area contributed by atoms with Gasteiger partial charge < -0.3 is 29.9 Å². The molecule has 1 fully saturated rings. The molecule has 6 heteroatoms. The summed E-state index contributed by atoms with van der Waals surface area (Å²) in [4.78, 5) is 0. The van der Waals surface area contributed by atoms with Crippen LogP contribution in [0, 0.1) is 0 Å². The second kappa shape index (κ2) is 4.13. The van der Waals surface area contributed by atoms with Crippen LogP contribution in [0.3, 0.4) is 0 Å². The highest BCUT2D eigenvalue weighted by molar-refractivity contribution is 4.79. The lowest BCUT2D eigenvalue weighted by molar-refractivity contribution is -0.192. The van der Waals surface area contributed by atoms with Gasteiger partial charge in [-0.3, -0.25) is 0 Å². The van der Waals surface area contributed by atoms with Gasteiger partial charge in [0, 0.05) is 0 Å². The van der Waals surface area contributed by atoms with E-state index in [9.17, 15) is 5.11 Å². The highest BCUT2D eigenvalue weighted by Crippen LogP contribution is 2.13.